The summed E-state index contributed by atoms with van der Waals surface area (Å²) in [5.41, 5.74) is 3.84. The molecule has 2 heterocycles. The molecule has 0 aromatic carbocycles. The maximum atomic E-state index is 6.11. The van der Waals surface area contributed by atoms with Crippen LogP contribution in [0.25, 0.3) is 5.82 Å². The second kappa shape index (κ2) is 4.93. The van der Waals surface area contributed by atoms with Crippen molar-refractivity contribution in [2.45, 2.75) is 13.8 Å². The Labute approximate surface area is 119 Å². The van der Waals surface area contributed by atoms with E-state index in [0.29, 0.717) is 32.4 Å². The van der Waals surface area contributed by atoms with Gasteiger partial charge in [-0.3, -0.25) is 0 Å². The maximum absolute atomic E-state index is 6.11. The summed E-state index contributed by atoms with van der Waals surface area (Å²) >= 11 is 18.1. The lowest BCUT2D eigenvalue weighted by Gasteiger charge is -2.09. The molecular weight excluding hydrogens is 297 g/mol. The minimum absolute atomic E-state index is 0.319. The van der Waals surface area contributed by atoms with Crippen molar-refractivity contribution >= 4 is 40.6 Å². The molecule has 0 amide bonds. The standard InChI is InChI=1S/C10H10Cl3N5/c1-4-8(13)5(2)18(17-4)10-7(12)3-6(11)9(15-10)16-14/h3H,14H2,1-2H3,(H,15,16). The SMILES string of the molecule is Cc1nn(-c2nc(NN)c(Cl)cc2Cl)c(C)c1Cl. The second-order valence-electron chi connectivity index (χ2n) is 3.67. The Kier molecular flexibility index (Phi) is 3.68. The van der Waals surface area contributed by atoms with Crippen LogP contribution in [0.3, 0.4) is 0 Å². The summed E-state index contributed by atoms with van der Waals surface area (Å²) in [7, 11) is 0. The normalized spacial score (nSPS) is 10.8. The average Bonchev–Trinajstić information content (AvgIpc) is 2.57. The van der Waals surface area contributed by atoms with Crippen LogP contribution in [0, 0.1) is 13.8 Å². The molecule has 96 valence electrons. The number of halogens is 3. The van der Waals surface area contributed by atoms with Gasteiger partial charge in [-0.2, -0.15) is 5.10 Å². The van der Waals surface area contributed by atoms with Gasteiger partial charge in [-0.1, -0.05) is 34.8 Å². The average molecular weight is 307 g/mol. The summed E-state index contributed by atoms with van der Waals surface area (Å²) in [6.45, 7) is 3.63. The Morgan fingerprint density at radius 1 is 1.22 bits per heavy atom. The summed E-state index contributed by atoms with van der Waals surface area (Å²) < 4.78 is 1.55. The summed E-state index contributed by atoms with van der Waals surface area (Å²) in [5, 5.41) is 5.54. The first kappa shape index (κ1) is 13.4. The molecule has 0 saturated heterocycles. The van der Waals surface area contributed by atoms with Crippen LogP contribution < -0.4 is 11.3 Å². The number of hydrogen-bond acceptors (Lipinski definition) is 4. The van der Waals surface area contributed by atoms with E-state index in [-0.39, 0.29) is 0 Å². The largest absolute Gasteiger partial charge is 0.307 e. The van der Waals surface area contributed by atoms with Crippen LogP contribution in [0.4, 0.5) is 5.82 Å². The molecule has 0 aliphatic rings. The van der Waals surface area contributed by atoms with Gasteiger partial charge in [-0.15, -0.1) is 0 Å². The van der Waals surface area contributed by atoms with Crippen molar-refractivity contribution < 1.29 is 0 Å². The summed E-state index contributed by atoms with van der Waals surface area (Å²) in [4.78, 5) is 4.22. The number of hydrogen-bond donors (Lipinski definition) is 2. The zero-order chi connectivity index (χ0) is 13.4. The molecule has 0 fully saturated rings. The third kappa shape index (κ3) is 2.14. The van der Waals surface area contributed by atoms with E-state index in [9.17, 15) is 0 Å². The van der Waals surface area contributed by atoms with E-state index in [1.165, 1.54) is 0 Å². The van der Waals surface area contributed by atoms with E-state index in [4.69, 9.17) is 40.6 Å². The number of nitrogen functional groups attached to an aromatic ring is 1. The molecule has 5 nitrogen and oxygen atoms in total. The third-order valence-electron chi connectivity index (χ3n) is 2.45. The van der Waals surface area contributed by atoms with E-state index in [2.05, 4.69) is 15.5 Å². The lowest BCUT2D eigenvalue weighted by atomic mass is 10.4. The molecule has 2 rings (SSSR count). The van der Waals surface area contributed by atoms with E-state index < -0.39 is 0 Å². The van der Waals surface area contributed by atoms with Crippen molar-refractivity contribution in [2.24, 2.45) is 5.84 Å². The topological polar surface area (TPSA) is 68.8 Å². The number of rotatable bonds is 2. The molecule has 18 heavy (non-hydrogen) atoms. The van der Waals surface area contributed by atoms with E-state index in [0.717, 1.165) is 5.69 Å². The van der Waals surface area contributed by atoms with Gasteiger partial charge >= 0.3 is 0 Å². The number of pyridine rings is 1. The molecule has 0 aliphatic carbocycles. The number of nitrogens with zero attached hydrogens (tertiary/aromatic N) is 3. The predicted octanol–water partition coefficient (Wildman–Crippen LogP) is 3.13. The lowest BCUT2D eigenvalue weighted by Crippen LogP contribution is -2.12. The zero-order valence-electron chi connectivity index (χ0n) is 9.63. The molecular formula is C10H10Cl3N5. The van der Waals surface area contributed by atoms with Crippen LogP contribution in [-0.2, 0) is 0 Å². The van der Waals surface area contributed by atoms with Gasteiger partial charge in [0.2, 0.25) is 0 Å². The molecule has 2 aromatic rings. The molecule has 0 bridgehead atoms. The van der Waals surface area contributed by atoms with Gasteiger partial charge in [0.15, 0.2) is 11.6 Å². The van der Waals surface area contributed by atoms with Crippen molar-refractivity contribution in [1.29, 1.82) is 0 Å². The fraction of sp³-hybridized carbons (Fsp3) is 0.200. The highest BCUT2D eigenvalue weighted by molar-refractivity contribution is 6.37. The van der Waals surface area contributed by atoms with Crippen LogP contribution in [0.2, 0.25) is 15.1 Å². The Balaban J connectivity index is 2.67. The van der Waals surface area contributed by atoms with Crippen LogP contribution >= 0.6 is 34.8 Å². The maximum Gasteiger partial charge on any atom is 0.174 e. The van der Waals surface area contributed by atoms with Crippen LogP contribution in [-0.4, -0.2) is 14.8 Å². The third-order valence-corrected chi connectivity index (χ3v) is 3.56. The minimum Gasteiger partial charge on any atom is -0.307 e. The molecule has 0 unspecified atom stereocenters. The molecule has 0 radical (unpaired) electrons. The fourth-order valence-electron chi connectivity index (χ4n) is 1.54. The quantitative estimate of drug-likeness (QED) is 0.660. The van der Waals surface area contributed by atoms with Gasteiger partial charge in [0, 0.05) is 0 Å². The Hall–Kier alpha value is -1.01. The molecule has 0 aliphatic heterocycles. The predicted molar refractivity (Wildman–Crippen MR) is 73.7 cm³/mol. The smallest absolute Gasteiger partial charge is 0.174 e. The molecule has 0 saturated carbocycles. The first-order chi connectivity index (χ1) is 8.45. The van der Waals surface area contributed by atoms with Gasteiger partial charge in [0.05, 0.1) is 26.5 Å². The number of nitrogens with two attached hydrogens (primary N) is 1. The van der Waals surface area contributed by atoms with Gasteiger partial charge in [-0.05, 0) is 19.9 Å². The number of aryl methyl sites for hydroxylation is 1. The van der Waals surface area contributed by atoms with Crippen molar-refractivity contribution in [3.8, 4) is 5.82 Å². The Bertz CT molecular complexity index is 608. The van der Waals surface area contributed by atoms with Crippen LogP contribution in [0.5, 0.6) is 0 Å². The second-order valence-corrected chi connectivity index (χ2v) is 4.86. The van der Waals surface area contributed by atoms with E-state index in [1.807, 2.05) is 6.92 Å². The van der Waals surface area contributed by atoms with Crippen molar-refractivity contribution in [3.63, 3.8) is 0 Å². The fourth-order valence-corrected chi connectivity index (χ4v) is 2.15. The van der Waals surface area contributed by atoms with Gasteiger partial charge in [0.25, 0.3) is 0 Å². The molecule has 2 aromatic heterocycles. The number of hydrazine groups is 1. The van der Waals surface area contributed by atoms with Crippen LogP contribution in [0.1, 0.15) is 11.4 Å². The summed E-state index contributed by atoms with van der Waals surface area (Å²) in [6.07, 6.45) is 0. The number of aromatic nitrogens is 3. The highest BCUT2D eigenvalue weighted by atomic mass is 35.5. The molecule has 3 N–H and O–H groups in total. The molecule has 0 atom stereocenters. The highest BCUT2D eigenvalue weighted by Crippen LogP contribution is 2.30. The first-order valence-corrected chi connectivity index (χ1v) is 6.13. The first-order valence-electron chi connectivity index (χ1n) is 5.00. The lowest BCUT2D eigenvalue weighted by molar-refractivity contribution is 0.807. The Morgan fingerprint density at radius 3 is 2.39 bits per heavy atom. The van der Waals surface area contributed by atoms with Crippen molar-refractivity contribution in [2.75, 3.05) is 5.43 Å². The number of nitrogens with one attached hydrogen (secondary N) is 1. The minimum atomic E-state index is 0.319. The summed E-state index contributed by atoms with van der Waals surface area (Å²) in [6, 6.07) is 1.55. The van der Waals surface area contributed by atoms with Gasteiger partial charge < -0.3 is 5.43 Å². The van der Waals surface area contributed by atoms with Gasteiger partial charge in [-0.25, -0.2) is 15.5 Å². The Morgan fingerprint density at radius 2 is 1.89 bits per heavy atom. The van der Waals surface area contributed by atoms with Crippen molar-refractivity contribution in [3.05, 3.63) is 32.5 Å². The molecule has 0 spiro atoms. The van der Waals surface area contributed by atoms with E-state index >= 15 is 0 Å². The monoisotopic (exact) mass is 305 g/mol. The van der Waals surface area contributed by atoms with Crippen LogP contribution in [0.15, 0.2) is 6.07 Å². The number of anilines is 1. The van der Waals surface area contributed by atoms with Crippen molar-refractivity contribution in [1.82, 2.24) is 14.8 Å². The van der Waals surface area contributed by atoms with E-state index in [1.54, 1.807) is 17.7 Å². The van der Waals surface area contributed by atoms with Gasteiger partial charge in [0.1, 0.15) is 0 Å². The summed E-state index contributed by atoms with van der Waals surface area (Å²) in [5.74, 6) is 6.06. The molecule has 8 heteroatoms. The zero-order valence-corrected chi connectivity index (χ0v) is 11.9. The highest BCUT2D eigenvalue weighted by Gasteiger charge is 2.16.